The number of hydrogen-bond donors (Lipinski definition) is 8. The molecule has 9 N–H and O–H groups in total. The summed E-state index contributed by atoms with van der Waals surface area (Å²) in [5, 5.41) is 33.2. The molecular formula is C41H67N7O9. The number of carboxylic acids is 1. The third-order valence-corrected chi connectivity index (χ3v) is 9.58. The summed E-state index contributed by atoms with van der Waals surface area (Å²) in [5.41, 5.74) is 6.33. The number of aliphatic carboxylic acids is 1. The van der Waals surface area contributed by atoms with Crippen LogP contribution >= 0.6 is 0 Å². The molecule has 0 unspecified atom stereocenters. The van der Waals surface area contributed by atoms with E-state index in [0.717, 1.165) is 0 Å². The molecule has 1 saturated heterocycles. The molecule has 6 amide bonds. The van der Waals surface area contributed by atoms with E-state index in [1.54, 1.807) is 12.1 Å². The van der Waals surface area contributed by atoms with Gasteiger partial charge in [-0.25, -0.2) is 4.79 Å². The summed E-state index contributed by atoms with van der Waals surface area (Å²) in [6, 6.07) is -1.21. The van der Waals surface area contributed by atoms with Gasteiger partial charge in [0.05, 0.1) is 6.04 Å². The molecular weight excluding hydrogens is 734 g/mol. The van der Waals surface area contributed by atoms with Crippen molar-refractivity contribution >= 4 is 41.4 Å². The van der Waals surface area contributed by atoms with E-state index in [9.17, 15) is 43.8 Å². The first-order valence-corrected chi connectivity index (χ1v) is 20.2. The zero-order chi connectivity index (χ0) is 43.1. The summed E-state index contributed by atoms with van der Waals surface area (Å²) in [5.74, 6) is -4.75. The van der Waals surface area contributed by atoms with Crippen molar-refractivity contribution in [2.45, 2.75) is 150 Å². The van der Waals surface area contributed by atoms with Crippen LogP contribution in [0.3, 0.4) is 0 Å². The number of benzene rings is 1. The molecule has 320 valence electrons. The summed E-state index contributed by atoms with van der Waals surface area (Å²) in [4.78, 5) is 95.2. The van der Waals surface area contributed by atoms with E-state index in [0.29, 0.717) is 18.4 Å². The Morgan fingerprint density at radius 1 is 0.632 bits per heavy atom. The number of carbonyl (C=O) groups excluding carboxylic acids is 6. The van der Waals surface area contributed by atoms with Gasteiger partial charge in [-0.05, 0) is 86.8 Å². The van der Waals surface area contributed by atoms with Crippen LogP contribution in [0.2, 0.25) is 0 Å². The first kappa shape index (κ1) is 48.4. The largest absolute Gasteiger partial charge is 0.508 e. The maximum Gasteiger partial charge on any atom is 0.326 e. The number of nitrogens with one attached hydrogen (secondary N) is 5. The number of nitrogens with zero attached hydrogens (tertiary/aromatic N) is 1. The van der Waals surface area contributed by atoms with Crippen LogP contribution in [0.15, 0.2) is 24.3 Å². The number of nitrogens with two attached hydrogens (primary N) is 1. The van der Waals surface area contributed by atoms with E-state index >= 15 is 0 Å². The van der Waals surface area contributed by atoms with E-state index in [1.807, 2.05) is 55.4 Å². The molecule has 0 radical (unpaired) electrons. The highest BCUT2D eigenvalue weighted by Gasteiger charge is 2.40. The molecule has 0 saturated carbocycles. The lowest BCUT2D eigenvalue weighted by Crippen LogP contribution is -2.60. The van der Waals surface area contributed by atoms with E-state index in [-0.39, 0.29) is 68.1 Å². The Hall–Kier alpha value is -4.73. The predicted molar refractivity (Wildman–Crippen MR) is 215 cm³/mol. The van der Waals surface area contributed by atoms with Crippen molar-refractivity contribution in [3.8, 4) is 5.75 Å². The van der Waals surface area contributed by atoms with Crippen molar-refractivity contribution in [1.29, 1.82) is 0 Å². The van der Waals surface area contributed by atoms with Gasteiger partial charge in [0.15, 0.2) is 0 Å². The summed E-state index contributed by atoms with van der Waals surface area (Å²) >= 11 is 0. The number of likely N-dealkylation sites (tertiary alicyclic amines) is 1. The van der Waals surface area contributed by atoms with E-state index < -0.39 is 83.7 Å². The number of amides is 6. The lowest BCUT2D eigenvalue weighted by atomic mass is 9.98. The van der Waals surface area contributed by atoms with Gasteiger partial charge in [0, 0.05) is 13.0 Å². The Labute approximate surface area is 337 Å². The third-order valence-electron chi connectivity index (χ3n) is 9.58. The molecule has 7 atom stereocenters. The van der Waals surface area contributed by atoms with Crippen molar-refractivity contribution in [3.05, 3.63) is 29.8 Å². The van der Waals surface area contributed by atoms with Gasteiger partial charge >= 0.3 is 5.97 Å². The molecule has 1 aliphatic rings. The summed E-state index contributed by atoms with van der Waals surface area (Å²) < 4.78 is 0. The number of rotatable bonds is 22. The molecule has 1 aromatic rings. The van der Waals surface area contributed by atoms with Crippen LogP contribution in [0.4, 0.5) is 0 Å². The van der Waals surface area contributed by atoms with Crippen LogP contribution in [0.5, 0.6) is 5.75 Å². The quantitative estimate of drug-likeness (QED) is 0.0847. The topological polar surface area (TPSA) is 249 Å². The lowest BCUT2D eigenvalue weighted by Gasteiger charge is -2.32. The average molecular weight is 802 g/mol. The van der Waals surface area contributed by atoms with Gasteiger partial charge in [-0.3, -0.25) is 28.8 Å². The van der Waals surface area contributed by atoms with Crippen LogP contribution in [0.1, 0.15) is 106 Å². The molecule has 1 aromatic carbocycles. The first-order valence-electron chi connectivity index (χ1n) is 20.2. The molecule has 2 rings (SSSR count). The molecule has 0 spiro atoms. The summed E-state index contributed by atoms with van der Waals surface area (Å²) in [6.07, 6.45) is 1.70. The lowest BCUT2D eigenvalue weighted by molar-refractivity contribution is -0.144. The maximum absolute atomic E-state index is 14.3. The monoisotopic (exact) mass is 802 g/mol. The zero-order valence-corrected chi connectivity index (χ0v) is 35.1. The second kappa shape index (κ2) is 22.9. The van der Waals surface area contributed by atoms with Crippen molar-refractivity contribution in [2.75, 3.05) is 6.54 Å². The molecule has 16 heteroatoms. The molecule has 1 aliphatic heterocycles. The third kappa shape index (κ3) is 16.3. The van der Waals surface area contributed by atoms with Gasteiger partial charge in [-0.15, -0.1) is 0 Å². The number of phenols is 1. The van der Waals surface area contributed by atoms with Crippen LogP contribution in [0.25, 0.3) is 0 Å². The Morgan fingerprint density at radius 2 is 1.05 bits per heavy atom. The number of carboxylic acid groups (broad SMARTS) is 1. The van der Waals surface area contributed by atoms with E-state index in [1.165, 1.54) is 24.0 Å². The Kier molecular flexibility index (Phi) is 19.4. The second-order valence-electron chi connectivity index (χ2n) is 17.0. The van der Waals surface area contributed by atoms with Crippen LogP contribution in [0, 0.1) is 23.7 Å². The first-order chi connectivity index (χ1) is 26.6. The number of phenolic OH excluding ortho intramolecular Hbond substituents is 1. The summed E-state index contributed by atoms with van der Waals surface area (Å²) in [7, 11) is 0. The number of aromatic hydroxyl groups is 1. The molecule has 16 nitrogen and oxygen atoms in total. The highest BCUT2D eigenvalue weighted by atomic mass is 16.4. The van der Waals surface area contributed by atoms with Crippen molar-refractivity contribution < 1.29 is 43.8 Å². The van der Waals surface area contributed by atoms with Crippen LogP contribution in [-0.4, -0.2) is 105 Å². The average Bonchev–Trinajstić information content (AvgIpc) is 3.60. The van der Waals surface area contributed by atoms with Gasteiger partial charge in [-0.2, -0.15) is 0 Å². The van der Waals surface area contributed by atoms with Crippen LogP contribution in [-0.2, 0) is 40.0 Å². The minimum atomic E-state index is -1.21. The van der Waals surface area contributed by atoms with Crippen molar-refractivity contribution in [1.82, 2.24) is 31.5 Å². The smallest absolute Gasteiger partial charge is 0.326 e. The number of hydrogen-bond acceptors (Lipinski definition) is 9. The van der Waals surface area contributed by atoms with Gasteiger partial charge in [0.1, 0.15) is 42.0 Å². The molecule has 0 aromatic heterocycles. The fraction of sp³-hybridized carbons (Fsp3) is 0.683. The summed E-state index contributed by atoms with van der Waals surface area (Å²) in [6.45, 7) is 16.7. The minimum absolute atomic E-state index is 0.00807. The minimum Gasteiger partial charge on any atom is -0.508 e. The van der Waals surface area contributed by atoms with Gasteiger partial charge in [0.25, 0.3) is 0 Å². The Bertz CT molecular complexity index is 1530. The zero-order valence-electron chi connectivity index (χ0n) is 35.1. The van der Waals surface area contributed by atoms with Crippen molar-refractivity contribution in [2.24, 2.45) is 29.4 Å². The van der Waals surface area contributed by atoms with E-state index in [4.69, 9.17) is 5.73 Å². The van der Waals surface area contributed by atoms with Gasteiger partial charge < -0.3 is 47.4 Å². The van der Waals surface area contributed by atoms with Gasteiger partial charge in [0.2, 0.25) is 35.4 Å². The Morgan fingerprint density at radius 3 is 1.53 bits per heavy atom. The van der Waals surface area contributed by atoms with Crippen molar-refractivity contribution in [3.63, 3.8) is 0 Å². The fourth-order valence-corrected chi connectivity index (χ4v) is 6.76. The molecule has 1 fully saturated rings. The SMILES string of the molecule is CC(C)C[C@H](NC(=O)[C@H](Cc1ccc(O)cc1)NC(=O)[C@@H]1CCCN1C(=O)[C@H](CC(C)C)NC(=O)[C@H](CC(C)C)NC(=O)[C@H](CC(C)C)NC(=O)[C@H](C)N)C(=O)O. The Balaban J connectivity index is 2.35. The van der Waals surface area contributed by atoms with Gasteiger partial charge in [-0.1, -0.05) is 67.5 Å². The van der Waals surface area contributed by atoms with Crippen LogP contribution < -0.4 is 32.3 Å². The fourth-order valence-electron chi connectivity index (χ4n) is 6.76. The second-order valence-corrected chi connectivity index (χ2v) is 17.0. The van der Waals surface area contributed by atoms with E-state index in [2.05, 4.69) is 26.6 Å². The highest BCUT2D eigenvalue weighted by molar-refractivity contribution is 5.97. The standard InChI is InChI=1S/C41H67N7O9/c1-22(2)17-29(43-35(50)26(9)42)36(51)44-30(18-23(3)4)37(52)46-32(19-24(5)6)40(55)48-16-10-11-34(48)39(54)45-31(21-27-12-14-28(49)15-13-27)38(53)47-33(41(56)57)20-25(7)8/h12-15,22-26,29-34,49H,10-11,16-21,42H2,1-9H3,(H,43,50)(H,44,51)(H,45,54)(H,46,52)(H,47,53)(H,56,57)/t26-,29-,30-,31-,32-,33-,34-/m0/s1. The normalized spacial score (nSPS) is 17.4. The predicted octanol–water partition coefficient (Wildman–Crippen LogP) is 1.97. The molecule has 57 heavy (non-hydrogen) atoms. The highest BCUT2D eigenvalue weighted by Crippen LogP contribution is 2.22. The molecule has 0 aliphatic carbocycles. The molecule has 0 bridgehead atoms. The maximum atomic E-state index is 14.3. The molecule has 1 heterocycles. The number of carbonyl (C=O) groups is 7.